The molecule has 104 valence electrons. The summed E-state index contributed by atoms with van der Waals surface area (Å²) in [6.07, 6.45) is 1.14. The molecule has 0 atom stereocenters. The van der Waals surface area contributed by atoms with Gasteiger partial charge in [-0.2, -0.15) is 0 Å². The predicted molar refractivity (Wildman–Crippen MR) is 71.5 cm³/mol. The molecule has 7 nitrogen and oxygen atoms in total. The molecule has 1 aromatic carbocycles. The Bertz CT molecular complexity index is 550. The number of piperidine rings is 1. The van der Waals surface area contributed by atoms with Crippen LogP contribution in [0.25, 0.3) is 0 Å². The van der Waals surface area contributed by atoms with E-state index in [0.29, 0.717) is 31.6 Å². The summed E-state index contributed by atoms with van der Waals surface area (Å²) in [6.45, 7) is 1.37. The number of nitro benzene ring substituents is 1. The summed E-state index contributed by atoms with van der Waals surface area (Å²) in [5.41, 5.74) is 0.286. The molecule has 0 radical (unpaired) electrons. The summed E-state index contributed by atoms with van der Waals surface area (Å²) in [7, 11) is -3.43. The quantitative estimate of drug-likeness (QED) is 0.637. The van der Waals surface area contributed by atoms with Gasteiger partial charge in [-0.05, 0) is 38.1 Å². The molecule has 1 aromatic rings. The van der Waals surface area contributed by atoms with Gasteiger partial charge in [0.25, 0.3) is 5.69 Å². The van der Waals surface area contributed by atoms with E-state index >= 15 is 0 Å². The molecule has 1 aliphatic heterocycles. The topological polar surface area (TPSA) is 101 Å². The molecule has 0 aliphatic carbocycles. The van der Waals surface area contributed by atoms with Gasteiger partial charge in [-0.3, -0.25) is 14.8 Å². The Morgan fingerprint density at radius 3 is 2.32 bits per heavy atom. The zero-order valence-electron chi connectivity index (χ0n) is 10.2. The minimum Gasteiger partial charge on any atom is -0.317 e. The largest absolute Gasteiger partial charge is 0.317 e. The molecular weight excluding hydrogens is 270 g/mol. The van der Waals surface area contributed by atoms with Gasteiger partial charge in [0.15, 0.2) is 0 Å². The van der Waals surface area contributed by atoms with Crippen molar-refractivity contribution in [2.45, 2.75) is 18.1 Å². The van der Waals surface area contributed by atoms with E-state index in [1.807, 2.05) is 0 Å². The standard InChI is InChI=1S/C11H15N3O4S/c15-14(16)10-3-1-9(2-4-10)13-19(17,18)11-5-7-12-8-6-11/h1-4,11-13H,5-8H2. The summed E-state index contributed by atoms with van der Waals surface area (Å²) in [6, 6.07) is 5.36. The first-order valence-electron chi connectivity index (χ1n) is 5.96. The normalized spacial score (nSPS) is 17.1. The molecule has 1 heterocycles. The Balaban J connectivity index is 2.09. The van der Waals surface area contributed by atoms with Gasteiger partial charge < -0.3 is 5.32 Å². The number of sulfonamides is 1. The molecule has 2 N–H and O–H groups in total. The van der Waals surface area contributed by atoms with E-state index in [9.17, 15) is 18.5 Å². The fourth-order valence-electron chi connectivity index (χ4n) is 2.00. The van der Waals surface area contributed by atoms with Crippen molar-refractivity contribution in [3.05, 3.63) is 34.4 Å². The van der Waals surface area contributed by atoms with Gasteiger partial charge in [-0.15, -0.1) is 0 Å². The maximum atomic E-state index is 12.1. The third-order valence-electron chi connectivity index (χ3n) is 3.06. The van der Waals surface area contributed by atoms with E-state index in [1.54, 1.807) is 0 Å². The minimum absolute atomic E-state index is 0.0650. The molecule has 0 amide bonds. The van der Waals surface area contributed by atoms with Gasteiger partial charge in [0.1, 0.15) is 0 Å². The Labute approximate surface area is 111 Å². The molecule has 1 fully saturated rings. The number of nitrogens with zero attached hydrogens (tertiary/aromatic N) is 1. The first-order valence-corrected chi connectivity index (χ1v) is 7.50. The van der Waals surface area contributed by atoms with Crippen molar-refractivity contribution in [2.75, 3.05) is 17.8 Å². The van der Waals surface area contributed by atoms with E-state index in [2.05, 4.69) is 10.0 Å². The lowest BCUT2D eigenvalue weighted by molar-refractivity contribution is -0.384. The highest BCUT2D eigenvalue weighted by atomic mass is 32.2. The third kappa shape index (κ3) is 3.42. The fourth-order valence-corrected chi connectivity index (χ4v) is 3.49. The van der Waals surface area contributed by atoms with Crippen LogP contribution in [-0.4, -0.2) is 31.7 Å². The molecule has 2 rings (SSSR count). The second-order valence-corrected chi connectivity index (χ2v) is 6.36. The van der Waals surface area contributed by atoms with Crippen LogP contribution in [0.1, 0.15) is 12.8 Å². The number of nitro groups is 1. The summed E-state index contributed by atoms with van der Waals surface area (Å²) in [4.78, 5) is 9.98. The minimum atomic E-state index is -3.43. The second-order valence-electron chi connectivity index (χ2n) is 4.40. The summed E-state index contributed by atoms with van der Waals surface area (Å²) in [5, 5.41) is 13.2. The van der Waals surface area contributed by atoms with Gasteiger partial charge in [-0.25, -0.2) is 8.42 Å². The van der Waals surface area contributed by atoms with E-state index in [-0.39, 0.29) is 5.69 Å². The Morgan fingerprint density at radius 1 is 1.21 bits per heavy atom. The lowest BCUT2D eigenvalue weighted by Gasteiger charge is -2.23. The van der Waals surface area contributed by atoms with Crippen molar-refractivity contribution >= 4 is 21.4 Å². The van der Waals surface area contributed by atoms with Gasteiger partial charge in [-0.1, -0.05) is 0 Å². The number of non-ortho nitro benzene ring substituents is 1. The molecule has 0 unspecified atom stereocenters. The van der Waals surface area contributed by atoms with Crippen molar-refractivity contribution in [1.29, 1.82) is 0 Å². The zero-order valence-corrected chi connectivity index (χ0v) is 11.0. The molecule has 1 saturated heterocycles. The van der Waals surface area contributed by atoms with Crippen molar-refractivity contribution in [3.63, 3.8) is 0 Å². The maximum Gasteiger partial charge on any atom is 0.269 e. The van der Waals surface area contributed by atoms with E-state index in [0.717, 1.165) is 0 Å². The maximum absolute atomic E-state index is 12.1. The third-order valence-corrected chi connectivity index (χ3v) is 4.93. The summed E-state index contributed by atoms with van der Waals surface area (Å²) in [5.74, 6) is 0. The Morgan fingerprint density at radius 2 is 1.79 bits per heavy atom. The molecule has 0 saturated carbocycles. The van der Waals surface area contributed by atoms with Crippen LogP contribution in [-0.2, 0) is 10.0 Å². The number of anilines is 1. The van der Waals surface area contributed by atoms with Crippen molar-refractivity contribution in [1.82, 2.24) is 5.32 Å². The first kappa shape index (κ1) is 13.8. The van der Waals surface area contributed by atoms with Crippen LogP contribution < -0.4 is 10.0 Å². The van der Waals surface area contributed by atoms with Crippen molar-refractivity contribution < 1.29 is 13.3 Å². The van der Waals surface area contributed by atoms with Crippen LogP contribution in [0.4, 0.5) is 11.4 Å². The van der Waals surface area contributed by atoms with Crippen LogP contribution in [0, 0.1) is 10.1 Å². The number of hydrogen-bond acceptors (Lipinski definition) is 5. The molecule has 8 heteroatoms. The predicted octanol–water partition coefficient (Wildman–Crippen LogP) is 1.09. The number of benzene rings is 1. The van der Waals surface area contributed by atoms with Crippen LogP contribution in [0.5, 0.6) is 0 Å². The van der Waals surface area contributed by atoms with E-state index in [4.69, 9.17) is 0 Å². The van der Waals surface area contributed by atoms with E-state index in [1.165, 1.54) is 24.3 Å². The average molecular weight is 285 g/mol. The SMILES string of the molecule is O=[N+]([O-])c1ccc(NS(=O)(=O)C2CCNCC2)cc1. The second kappa shape index (κ2) is 5.54. The van der Waals surface area contributed by atoms with Gasteiger partial charge in [0.2, 0.25) is 10.0 Å². The number of hydrogen-bond donors (Lipinski definition) is 2. The van der Waals surface area contributed by atoms with Gasteiger partial charge in [0.05, 0.1) is 10.2 Å². The number of rotatable bonds is 4. The zero-order chi connectivity index (χ0) is 13.9. The fraction of sp³-hybridized carbons (Fsp3) is 0.455. The molecule has 0 bridgehead atoms. The summed E-state index contributed by atoms with van der Waals surface area (Å²) >= 11 is 0. The molecule has 0 spiro atoms. The Hall–Kier alpha value is -1.67. The lowest BCUT2D eigenvalue weighted by atomic mass is 10.2. The average Bonchev–Trinajstić information content (AvgIpc) is 2.40. The highest BCUT2D eigenvalue weighted by Crippen LogP contribution is 2.20. The smallest absolute Gasteiger partial charge is 0.269 e. The Kier molecular flexibility index (Phi) is 4.01. The highest BCUT2D eigenvalue weighted by Gasteiger charge is 2.27. The number of nitrogens with one attached hydrogen (secondary N) is 2. The first-order chi connectivity index (χ1) is 8.99. The highest BCUT2D eigenvalue weighted by molar-refractivity contribution is 7.93. The molecular formula is C11H15N3O4S. The van der Waals surface area contributed by atoms with Crippen molar-refractivity contribution in [3.8, 4) is 0 Å². The van der Waals surface area contributed by atoms with Crippen LogP contribution in [0.2, 0.25) is 0 Å². The molecule has 1 aliphatic rings. The van der Waals surface area contributed by atoms with Gasteiger partial charge >= 0.3 is 0 Å². The van der Waals surface area contributed by atoms with E-state index < -0.39 is 20.2 Å². The lowest BCUT2D eigenvalue weighted by Crippen LogP contribution is -2.38. The molecule has 0 aromatic heterocycles. The van der Waals surface area contributed by atoms with Crippen LogP contribution in [0.15, 0.2) is 24.3 Å². The van der Waals surface area contributed by atoms with Crippen molar-refractivity contribution in [2.24, 2.45) is 0 Å². The van der Waals surface area contributed by atoms with Crippen LogP contribution >= 0.6 is 0 Å². The molecule has 19 heavy (non-hydrogen) atoms. The van der Waals surface area contributed by atoms with Crippen LogP contribution in [0.3, 0.4) is 0 Å². The summed E-state index contributed by atoms with van der Waals surface area (Å²) < 4.78 is 26.7. The van der Waals surface area contributed by atoms with Gasteiger partial charge in [0, 0.05) is 17.8 Å². The monoisotopic (exact) mass is 285 g/mol.